The second kappa shape index (κ2) is 6.13. The summed E-state index contributed by atoms with van der Waals surface area (Å²) in [7, 11) is 0. The van der Waals surface area contributed by atoms with Gasteiger partial charge in [-0.2, -0.15) is 0 Å². The van der Waals surface area contributed by atoms with E-state index in [1.54, 1.807) is 32.9 Å². The number of carboxylic acid groups (broad SMARTS) is 1. The summed E-state index contributed by atoms with van der Waals surface area (Å²) in [6.45, 7) is 6.03. The SMILES string of the molecule is CC(C)(C)OC(=O)Nc1cc2c(cc1CC(=O)O)OCCO2. The van der Waals surface area contributed by atoms with Crippen molar-refractivity contribution < 1.29 is 28.9 Å². The van der Waals surface area contributed by atoms with E-state index in [-0.39, 0.29) is 6.42 Å². The van der Waals surface area contributed by atoms with Crippen LogP contribution in [0.15, 0.2) is 12.1 Å². The van der Waals surface area contributed by atoms with Crippen molar-refractivity contribution in [2.45, 2.75) is 32.8 Å². The Kier molecular flexibility index (Phi) is 4.44. The molecule has 2 N–H and O–H groups in total. The smallest absolute Gasteiger partial charge is 0.412 e. The maximum absolute atomic E-state index is 11.9. The van der Waals surface area contributed by atoms with Crippen molar-refractivity contribution in [3.63, 3.8) is 0 Å². The van der Waals surface area contributed by atoms with Crippen molar-refractivity contribution in [2.75, 3.05) is 18.5 Å². The molecular formula is C15H19NO6. The zero-order valence-electron chi connectivity index (χ0n) is 12.8. The number of anilines is 1. The molecule has 22 heavy (non-hydrogen) atoms. The molecule has 1 aromatic carbocycles. The summed E-state index contributed by atoms with van der Waals surface area (Å²) < 4.78 is 16.0. The topological polar surface area (TPSA) is 94.1 Å². The van der Waals surface area contributed by atoms with Gasteiger partial charge in [-0.05, 0) is 32.4 Å². The van der Waals surface area contributed by atoms with E-state index in [2.05, 4.69) is 5.32 Å². The normalized spacial score (nSPS) is 13.4. The van der Waals surface area contributed by atoms with Crippen LogP contribution in [0.5, 0.6) is 11.5 Å². The number of amides is 1. The maximum atomic E-state index is 11.9. The highest BCUT2D eigenvalue weighted by Gasteiger charge is 2.21. The van der Waals surface area contributed by atoms with E-state index in [0.29, 0.717) is 36.0 Å². The number of carbonyl (C=O) groups is 2. The van der Waals surface area contributed by atoms with Crippen LogP contribution in [-0.2, 0) is 16.0 Å². The Morgan fingerprint density at radius 1 is 1.23 bits per heavy atom. The first-order chi connectivity index (χ1) is 10.2. The van der Waals surface area contributed by atoms with E-state index in [9.17, 15) is 9.59 Å². The number of carbonyl (C=O) groups excluding carboxylic acids is 1. The molecule has 2 rings (SSSR count). The van der Waals surface area contributed by atoms with Gasteiger partial charge in [0.05, 0.1) is 12.1 Å². The molecule has 1 amide bonds. The van der Waals surface area contributed by atoms with Gasteiger partial charge in [-0.3, -0.25) is 10.1 Å². The molecule has 0 aromatic heterocycles. The quantitative estimate of drug-likeness (QED) is 0.890. The van der Waals surface area contributed by atoms with Crippen LogP contribution >= 0.6 is 0 Å². The highest BCUT2D eigenvalue weighted by molar-refractivity contribution is 5.88. The largest absolute Gasteiger partial charge is 0.486 e. The molecule has 1 heterocycles. The number of hydrogen-bond acceptors (Lipinski definition) is 5. The third kappa shape index (κ3) is 4.28. The Morgan fingerprint density at radius 2 is 1.82 bits per heavy atom. The van der Waals surface area contributed by atoms with E-state index in [0.717, 1.165) is 0 Å². The van der Waals surface area contributed by atoms with Crippen molar-refractivity contribution in [2.24, 2.45) is 0 Å². The lowest BCUT2D eigenvalue weighted by Gasteiger charge is -2.23. The molecule has 0 radical (unpaired) electrons. The monoisotopic (exact) mass is 309 g/mol. The summed E-state index contributed by atoms with van der Waals surface area (Å²) in [6, 6.07) is 3.12. The van der Waals surface area contributed by atoms with Crippen LogP contribution in [0.1, 0.15) is 26.3 Å². The highest BCUT2D eigenvalue weighted by Crippen LogP contribution is 2.36. The number of rotatable bonds is 3. The molecule has 0 unspecified atom stereocenters. The number of fused-ring (bicyclic) bond motifs is 1. The van der Waals surface area contributed by atoms with E-state index >= 15 is 0 Å². The Balaban J connectivity index is 2.27. The summed E-state index contributed by atoms with van der Waals surface area (Å²) in [6.07, 6.45) is -0.905. The minimum Gasteiger partial charge on any atom is -0.486 e. The van der Waals surface area contributed by atoms with E-state index in [1.807, 2.05) is 0 Å². The molecule has 0 bridgehead atoms. The van der Waals surface area contributed by atoms with E-state index in [1.165, 1.54) is 0 Å². The van der Waals surface area contributed by atoms with Crippen LogP contribution in [0.25, 0.3) is 0 Å². The van der Waals surface area contributed by atoms with Crippen molar-refractivity contribution in [3.8, 4) is 11.5 Å². The van der Waals surface area contributed by atoms with Crippen LogP contribution < -0.4 is 14.8 Å². The third-order valence-electron chi connectivity index (χ3n) is 2.75. The first kappa shape index (κ1) is 15.9. The maximum Gasteiger partial charge on any atom is 0.412 e. The molecule has 0 fully saturated rings. The molecule has 0 spiro atoms. The van der Waals surface area contributed by atoms with Gasteiger partial charge in [-0.25, -0.2) is 4.79 Å². The Labute approximate surface area is 128 Å². The molecule has 7 nitrogen and oxygen atoms in total. The summed E-state index contributed by atoms with van der Waals surface area (Å²) in [5, 5.41) is 11.6. The number of hydrogen-bond donors (Lipinski definition) is 2. The highest BCUT2D eigenvalue weighted by atomic mass is 16.6. The van der Waals surface area contributed by atoms with E-state index < -0.39 is 17.7 Å². The molecule has 1 aliphatic heterocycles. The molecule has 0 aliphatic carbocycles. The molecule has 120 valence electrons. The zero-order chi connectivity index (χ0) is 16.3. The van der Waals surface area contributed by atoms with Gasteiger partial charge >= 0.3 is 12.1 Å². The van der Waals surface area contributed by atoms with Gasteiger partial charge in [0.15, 0.2) is 11.5 Å². The zero-order valence-corrected chi connectivity index (χ0v) is 12.8. The molecule has 0 saturated heterocycles. The van der Waals surface area contributed by atoms with Gasteiger partial charge in [-0.15, -0.1) is 0 Å². The van der Waals surface area contributed by atoms with Gasteiger partial charge in [0.25, 0.3) is 0 Å². The fraction of sp³-hybridized carbons (Fsp3) is 0.467. The van der Waals surface area contributed by atoms with Gasteiger partial charge in [0.2, 0.25) is 0 Å². The minimum atomic E-state index is -1.01. The van der Waals surface area contributed by atoms with Gasteiger partial charge in [0, 0.05) is 6.07 Å². The summed E-state index contributed by atoms with van der Waals surface area (Å²) in [4.78, 5) is 22.9. The summed E-state index contributed by atoms with van der Waals surface area (Å²) >= 11 is 0. The minimum absolute atomic E-state index is 0.248. The fourth-order valence-electron chi connectivity index (χ4n) is 1.97. The lowest BCUT2D eigenvalue weighted by Crippen LogP contribution is -2.27. The van der Waals surface area contributed by atoms with Crippen molar-refractivity contribution in [1.29, 1.82) is 0 Å². The van der Waals surface area contributed by atoms with Crippen LogP contribution in [0.3, 0.4) is 0 Å². The van der Waals surface area contributed by atoms with Crippen LogP contribution in [0.4, 0.5) is 10.5 Å². The summed E-state index contributed by atoms with van der Waals surface area (Å²) in [5.41, 5.74) is 0.105. The lowest BCUT2D eigenvalue weighted by atomic mass is 10.1. The molecular weight excluding hydrogens is 290 g/mol. The molecule has 7 heteroatoms. The molecule has 1 aliphatic rings. The standard InChI is InChI=1S/C15H19NO6/c1-15(2,3)22-14(19)16-10-8-12-11(20-4-5-21-12)6-9(10)7-13(17)18/h6,8H,4-5,7H2,1-3H3,(H,16,19)(H,17,18). The van der Waals surface area contributed by atoms with Crippen molar-refractivity contribution >= 4 is 17.7 Å². The number of benzene rings is 1. The predicted molar refractivity (Wildman–Crippen MR) is 78.6 cm³/mol. The third-order valence-corrected chi connectivity index (χ3v) is 2.75. The number of ether oxygens (including phenoxy) is 3. The number of aliphatic carboxylic acids is 1. The van der Waals surface area contributed by atoms with Crippen LogP contribution in [0, 0.1) is 0 Å². The lowest BCUT2D eigenvalue weighted by molar-refractivity contribution is -0.136. The Morgan fingerprint density at radius 3 is 2.36 bits per heavy atom. The predicted octanol–water partition coefficient (Wildman–Crippen LogP) is 2.43. The van der Waals surface area contributed by atoms with E-state index in [4.69, 9.17) is 19.3 Å². The first-order valence-corrected chi connectivity index (χ1v) is 6.89. The van der Waals surface area contributed by atoms with Gasteiger partial charge in [-0.1, -0.05) is 0 Å². The second-order valence-corrected chi connectivity index (χ2v) is 5.85. The summed E-state index contributed by atoms with van der Waals surface area (Å²) in [5.74, 6) is -0.0763. The molecule has 0 saturated carbocycles. The number of nitrogens with one attached hydrogen (secondary N) is 1. The van der Waals surface area contributed by atoms with Crippen LogP contribution in [0.2, 0.25) is 0 Å². The second-order valence-electron chi connectivity index (χ2n) is 5.85. The Hall–Kier alpha value is -2.44. The van der Waals surface area contributed by atoms with Crippen molar-refractivity contribution in [3.05, 3.63) is 17.7 Å². The fourth-order valence-corrected chi connectivity index (χ4v) is 1.97. The molecule has 0 atom stereocenters. The van der Waals surface area contributed by atoms with Gasteiger partial charge in [0.1, 0.15) is 18.8 Å². The van der Waals surface area contributed by atoms with Crippen LogP contribution in [-0.4, -0.2) is 36.0 Å². The first-order valence-electron chi connectivity index (χ1n) is 6.89. The average Bonchev–Trinajstić information content (AvgIpc) is 2.36. The molecule has 1 aromatic rings. The van der Waals surface area contributed by atoms with Gasteiger partial charge < -0.3 is 19.3 Å². The van der Waals surface area contributed by atoms with Crippen molar-refractivity contribution in [1.82, 2.24) is 0 Å². The average molecular weight is 309 g/mol. The Bertz CT molecular complexity index is 590. The number of carboxylic acids is 1.